The van der Waals surface area contributed by atoms with Crippen molar-refractivity contribution in [3.63, 3.8) is 0 Å². The third-order valence-electron chi connectivity index (χ3n) is 2.34. The van der Waals surface area contributed by atoms with Gasteiger partial charge >= 0.3 is 0 Å². The lowest BCUT2D eigenvalue weighted by Crippen LogP contribution is -2.21. The number of rotatable bonds is 6. The fourth-order valence-corrected chi connectivity index (χ4v) is 2.33. The summed E-state index contributed by atoms with van der Waals surface area (Å²) in [7, 11) is 0. The lowest BCUT2D eigenvalue weighted by molar-refractivity contribution is 0.1000. The van der Waals surface area contributed by atoms with Gasteiger partial charge in [-0.15, -0.1) is 0 Å². The Balaban J connectivity index is 2.48. The van der Waals surface area contributed by atoms with Crippen LogP contribution >= 0.6 is 11.8 Å². The predicted molar refractivity (Wildman–Crippen MR) is 69.4 cm³/mol. The van der Waals surface area contributed by atoms with Gasteiger partial charge in [-0.25, -0.2) is 0 Å². The van der Waals surface area contributed by atoms with Gasteiger partial charge in [0, 0.05) is 23.1 Å². The molecule has 0 aromatic heterocycles. The third-order valence-corrected chi connectivity index (χ3v) is 3.54. The molecular formula is C12H18N2OS. The summed E-state index contributed by atoms with van der Waals surface area (Å²) >= 11 is 1.78. The highest BCUT2D eigenvalue weighted by Crippen LogP contribution is 2.14. The SMILES string of the molecule is CCC(N)CSCc1cccc(C(N)=O)c1. The molecule has 1 amide bonds. The largest absolute Gasteiger partial charge is 0.366 e. The normalized spacial score (nSPS) is 12.4. The molecule has 3 nitrogen and oxygen atoms in total. The van der Waals surface area contributed by atoms with Crippen LogP contribution in [0.3, 0.4) is 0 Å². The fraction of sp³-hybridized carbons (Fsp3) is 0.417. The van der Waals surface area contributed by atoms with E-state index >= 15 is 0 Å². The van der Waals surface area contributed by atoms with E-state index in [-0.39, 0.29) is 11.9 Å². The maximum absolute atomic E-state index is 11.0. The van der Waals surface area contributed by atoms with E-state index in [0.717, 1.165) is 23.5 Å². The summed E-state index contributed by atoms with van der Waals surface area (Å²) in [6.45, 7) is 2.08. The van der Waals surface area contributed by atoms with Crippen LogP contribution in [0, 0.1) is 0 Å². The van der Waals surface area contributed by atoms with E-state index in [0.29, 0.717) is 5.56 Å². The van der Waals surface area contributed by atoms with Crippen molar-refractivity contribution in [1.82, 2.24) is 0 Å². The van der Waals surface area contributed by atoms with Crippen molar-refractivity contribution >= 4 is 17.7 Å². The number of primary amides is 1. The minimum absolute atomic E-state index is 0.254. The van der Waals surface area contributed by atoms with E-state index < -0.39 is 0 Å². The molecule has 1 rings (SSSR count). The summed E-state index contributed by atoms with van der Waals surface area (Å²) in [5, 5.41) is 0. The molecule has 0 saturated carbocycles. The molecule has 1 unspecified atom stereocenters. The first-order chi connectivity index (χ1) is 7.63. The Morgan fingerprint density at radius 2 is 2.25 bits per heavy atom. The Morgan fingerprint density at radius 3 is 2.88 bits per heavy atom. The second kappa shape index (κ2) is 6.55. The van der Waals surface area contributed by atoms with Gasteiger partial charge in [-0.1, -0.05) is 19.1 Å². The molecule has 0 fully saturated rings. The standard InChI is InChI=1S/C12H18N2OS/c1-2-11(13)8-16-7-9-4-3-5-10(6-9)12(14)15/h3-6,11H,2,7-8,13H2,1H3,(H2,14,15). The van der Waals surface area contributed by atoms with Crippen LogP contribution in [0.5, 0.6) is 0 Å². The minimum Gasteiger partial charge on any atom is -0.366 e. The molecule has 4 heteroatoms. The van der Waals surface area contributed by atoms with Crippen molar-refractivity contribution in [1.29, 1.82) is 0 Å². The molecule has 16 heavy (non-hydrogen) atoms. The van der Waals surface area contributed by atoms with Crippen molar-refractivity contribution in [2.45, 2.75) is 25.1 Å². The topological polar surface area (TPSA) is 69.1 Å². The molecule has 0 aliphatic rings. The third kappa shape index (κ3) is 4.24. The van der Waals surface area contributed by atoms with Crippen molar-refractivity contribution in [2.24, 2.45) is 11.5 Å². The summed E-state index contributed by atoms with van der Waals surface area (Å²) in [5.41, 5.74) is 12.7. The zero-order valence-corrected chi connectivity index (χ0v) is 10.3. The number of thioether (sulfide) groups is 1. The van der Waals surface area contributed by atoms with Gasteiger partial charge in [-0.2, -0.15) is 11.8 Å². The molecule has 0 bridgehead atoms. The number of nitrogens with two attached hydrogens (primary N) is 2. The van der Waals surface area contributed by atoms with Gasteiger partial charge in [0.2, 0.25) is 5.91 Å². The second-order valence-corrected chi connectivity index (χ2v) is 4.78. The highest BCUT2D eigenvalue weighted by Gasteiger charge is 2.03. The van der Waals surface area contributed by atoms with E-state index in [9.17, 15) is 4.79 Å². The number of carbonyl (C=O) groups is 1. The average Bonchev–Trinajstić information content (AvgIpc) is 2.29. The van der Waals surface area contributed by atoms with Gasteiger partial charge in [0.15, 0.2) is 0 Å². The highest BCUT2D eigenvalue weighted by atomic mass is 32.2. The van der Waals surface area contributed by atoms with Crippen LogP contribution in [0.2, 0.25) is 0 Å². The minimum atomic E-state index is -0.378. The predicted octanol–water partition coefficient (Wildman–Crippen LogP) is 1.76. The fourth-order valence-electron chi connectivity index (χ4n) is 1.26. The van der Waals surface area contributed by atoms with E-state index in [1.807, 2.05) is 18.2 Å². The zero-order chi connectivity index (χ0) is 12.0. The van der Waals surface area contributed by atoms with Gasteiger partial charge in [-0.05, 0) is 24.1 Å². The van der Waals surface area contributed by atoms with Gasteiger partial charge in [0.05, 0.1) is 0 Å². The molecule has 4 N–H and O–H groups in total. The summed E-state index contributed by atoms with van der Waals surface area (Å²) < 4.78 is 0. The van der Waals surface area contributed by atoms with E-state index in [4.69, 9.17) is 11.5 Å². The van der Waals surface area contributed by atoms with Crippen LogP contribution in [0.1, 0.15) is 29.3 Å². The first kappa shape index (κ1) is 13.1. The lowest BCUT2D eigenvalue weighted by Gasteiger charge is -2.08. The van der Waals surface area contributed by atoms with Gasteiger partial charge in [-0.3, -0.25) is 4.79 Å². The first-order valence-electron chi connectivity index (χ1n) is 5.35. The Morgan fingerprint density at radius 1 is 1.50 bits per heavy atom. The van der Waals surface area contributed by atoms with Gasteiger partial charge < -0.3 is 11.5 Å². The summed E-state index contributed by atoms with van der Waals surface area (Å²) in [6, 6.07) is 7.68. The lowest BCUT2D eigenvalue weighted by atomic mass is 10.1. The monoisotopic (exact) mass is 238 g/mol. The molecular weight excluding hydrogens is 220 g/mol. The highest BCUT2D eigenvalue weighted by molar-refractivity contribution is 7.98. The van der Waals surface area contributed by atoms with Crippen LogP contribution < -0.4 is 11.5 Å². The Kier molecular flexibility index (Phi) is 5.35. The number of amides is 1. The summed E-state index contributed by atoms with van der Waals surface area (Å²) in [6.07, 6.45) is 0.994. The number of benzene rings is 1. The molecule has 0 aliphatic carbocycles. The van der Waals surface area contributed by atoms with E-state index in [1.54, 1.807) is 17.8 Å². The van der Waals surface area contributed by atoms with Crippen molar-refractivity contribution < 1.29 is 4.79 Å². The molecule has 1 aromatic rings. The van der Waals surface area contributed by atoms with E-state index in [2.05, 4.69) is 6.92 Å². The van der Waals surface area contributed by atoms with Crippen LogP contribution in [0.4, 0.5) is 0 Å². The molecule has 0 aliphatic heterocycles. The van der Waals surface area contributed by atoms with Gasteiger partial charge in [0.25, 0.3) is 0 Å². The Hall–Kier alpha value is -1.00. The quantitative estimate of drug-likeness (QED) is 0.793. The molecule has 0 saturated heterocycles. The summed E-state index contributed by atoms with van der Waals surface area (Å²) in [4.78, 5) is 11.0. The maximum Gasteiger partial charge on any atom is 0.248 e. The van der Waals surface area contributed by atoms with Crippen molar-refractivity contribution in [3.05, 3.63) is 35.4 Å². The average molecular weight is 238 g/mol. The van der Waals surface area contributed by atoms with Crippen LogP contribution in [-0.4, -0.2) is 17.7 Å². The van der Waals surface area contributed by atoms with Gasteiger partial charge in [0.1, 0.15) is 0 Å². The number of carbonyl (C=O) groups excluding carboxylic acids is 1. The Bertz CT molecular complexity index is 355. The molecule has 1 aromatic carbocycles. The Labute approximate surface area is 101 Å². The molecule has 0 heterocycles. The molecule has 0 radical (unpaired) electrons. The first-order valence-corrected chi connectivity index (χ1v) is 6.51. The number of hydrogen-bond donors (Lipinski definition) is 2. The van der Waals surface area contributed by atoms with Crippen molar-refractivity contribution in [2.75, 3.05) is 5.75 Å². The smallest absolute Gasteiger partial charge is 0.248 e. The molecule has 88 valence electrons. The zero-order valence-electron chi connectivity index (χ0n) is 9.48. The maximum atomic E-state index is 11.0. The van der Waals surface area contributed by atoms with E-state index in [1.165, 1.54) is 0 Å². The van der Waals surface area contributed by atoms with Crippen LogP contribution in [-0.2, 0) is 5.75 Å². The van der Waals surface area contributed by atoms with Crippen LogP contribution in [0.15, 0.2) is 24.3 Å². The van der Waals surface area contributed by atoms with Crippen LogP contribution in [0.25, 0.3) is 0 Å². The number of hydrogen-bond acceptors (Lipinski definition) is 3. The second-order valence-electron chi connectivity index (χ2n) is 3.75. The molecule has 0 spiro atoms. The van der Waals surface area contributed by atoms with Crippen molar-refractivity contribution in [3.8, 4) is 0 Å². The summed E-state index contributed by atoms with van der Waals surface area (Å²) in [5.74, 6) is 1.43. The molecule has 1 atom stereocenters.